The van der Waals surface area contributed by atoms with Crippen molar-refractivity contribution in [2.45, 2.75) is 12.8 Å². The zero-order valence-electron chi connectivity index (χ0n) is 11.0. The first-order valence-corrected chi connectivity index (χ1v) is 6.25. The van der Waals surface area contributed by atoms with Gasteiger partial charge < -0.3 is 11.1 Å². The molecule has 0 unspecified atom stereocenters. The Morgan fingerprint density at radius 3 is 2.57 bits per heavy atom. The minimum absolute atomic E-state index is 0.0713. The second-order valence-electron chi connectivity index (χ2n) is 4.52. The number of anilines is 2. The third-order valence-corrected chi connectivity index (χ3v) is 2.90. The molecular weight excluding hydrogens is 281 g/mol. The molecule has 1 amide bonds. The van der Waals surface area contributed by atoms with Gasteiger partial charge in [0.25, 0.3) is 0 Å². The van der Waals surface area contributed by atoms with Crippen LogP contribution in [0.4, 0.5) is 24.5 Å². The first-order chi connectivity index (χ1) is 9.97. The average Bonchev–Trinajstić information content (AvgIpc) is 2.46. The van der Waals surface area contributed by atoms with Gasteiger partial charge in [-0.1, -0.05) is 12.1 Å². The van der Waals surface area contributed by atoms with Gasteiger partial charge in [-0.05, 0) is 36.2 Å². The van der Waals surface area contributed by atoms with Gasteiger partial charge in [-0.15, -0.1) is 0 Å². The van der Waals surface area contributed by atoms with Crippen LogP contribution in [0.3, 0.4) is 0 Å². The van der Waals surface area contributed by atoms with Gasteiger partial charge in [0.2, 0.25) is 5.91 Å². The second-order valence-corrected chi connectivity index (χ2v) is 4.52. The number of hydrogen-bond donors (Lipinski definition) is 2. The fourth-order valence-electron chi connectivity index (χ4n) is 1.84. The molecule has 0 radical (unpaired) electrons. The second kappa shape index (κ2) is 6.30. The zero-order chi connectivity index (χ0) is 15.4. The Labute approximate surface area is 119 Å². The number of amides is 1. The van der Waals surface area contributed by atoms with Crippen molar-refractivity contribution in [3.63, 3.8) is 0 Å². The van der Waals surface area contributed by atoms with Crippen LogP contribution in [0.25, 0.3) is 0 Å². The van der Waals surface area contributed by atoms with Crippen molar-refractivity contribution in [2.75, 3.05) is 11.1 Å². The molecule has 6 heteroatoms. The predicted molar refractivity (Wildman–Crippen MR) is 74.1 cm³/mol. The lowest BCUT2D eigenvalue weighted by molar-refractivity contribution is -0.116. The highest BCUT2D eigenvalue weighted by atomic mass is 19.2. The number of halogens is 3. The van der Waals surface area contributed by atoms with E-state index >= 15 is 0 Å². The average molecular weight is 294 g/mol. The summed E-state index contributed by atoms with van der Waals surface area (Å²) in [7, 11) is 0. The molecule has 2 rings (SSSR count). The van der Waals surface area contributed by atoms with Gasteiger partial charge in [0.05, 0.1) is 5.69 Å². The summed E-state index contributed by atoms with van der Waals surface area (Å²) in [6, 6.07) is 8.75. The molecule has 0 aliphatic heterocycles. The Balaban J connectivity index is 1.98. The van der Waals surface area contributed by atoms with Crippen LogP contribution in [0.5, 0.6) is 0 Å². The number of aryl methyl sites for hydroxylation is 1. The van der Waals surface area contributed by atoms with Gasteiger partial charge in [-0.25, -0.2) is 13.2 Å². The molecule has 0 aliphatic carbocycles. The van der Waals surface area contributed by atoms with Crippen LogP contribution < -0.4 is 11.1 Å². The van der Waals surface area contributed by atoms with Crippen LogP contribution in [0, 0.1) is 17.5 Å². The monoisotopic (exact) mass is 294 g/mol. The van der Waals surface area contributed by atoms with Crippen molar-refractivity contribution in [1.82, 2.24) is 0 Å². The fraction of sp³-hybridized carbons (Fsp3) is 0.133. The maximum atomic E-state index is 13.4. The third-order valence-electron chi connectivity index (χ3n) is 2.90. The number of carbonyl (C=O) groups excluding carboxylic acids is 1. The van der Waals surface area contributed by atoms with E-state index in [1.54, 1.807) is 18.2 Å². The minimum atomic E-state index is -1.61. The number of nitrogens with two attached hydrogens (primary N) is 1. The van der Waals surface area contributed by atoms with Crippen molar-refractivity contribution >= 4 is 17.3 Å². The van der Waals surface area contributed by atoms with Gasteiger partial charge in [-0.2, -0.15) is 0 Å². The molecule has 2 aromatic carbocycles. The molecule has 0 aliphatic rings. The molecule has 3 nitrogen and oxygen atoms in total. The predicted octanol–water partition coefficient (Wildman–Crippen LogP) is 3.26. The lowest BCUT2D eigenvalue weighted by Crippen LogP contribution is -2.14. The van der Waals surface area contributed by atoms with E-state index in [1.165, 1.54) is 0 Å². The molecule has 0 saturated heterocycles. The lowest BCUT2D eigenvalue weighted by atomic mass is 10.1. The smallest absolute Gasteiger partial charge is 0.224 e. The number of nitrogens with one attached hydrogen (secondary N) is 1. The van der Waals surface area contributed by atoms with Crippen molar-refractivity contribution in [1.29, 1.82) is 0 Å². The maximum Gasteiger partial charge on any atom is 0.224 e. The summed E-state index contributed by atoms with van der Waals surface area (Å²) < 4.78 is 39.2. The number of benzene rings is 2. The highest BCUT2D eigenvalue weighted by Gasteiger charge is 2.15. The lowest BCUT2D eigenvalue weighted by Gasteiger charge is -2.07. The van der Waals surface area contributed by atoms with Crippen molar-refractivity contribution in [2.24, 2.45) is 0 Å². The molecule has 0 atom stereocenters. The van der Waals surface area contributed by atoms with Gasteiger partial charge in [0, 0.05) is 12.1 Å². The molecule has 0 fully saturated rings. The first-order valence-electron chi connectivity index (χ1n) is 6.25. The van der Waals surface area contributed by atoms with Crippen LogP contribution in [-0.4, -0.2) is 5.91 Å². The van der Waals surface area contributed by atoms with E-state index in [-0.39, 0.29) is 12.1 Å². The number of carbonyl (C=O) groups is 1. The van der Waals surface area contributed by atoms with Crippen LogP contribution in [0.15, 0.2) is 36.4 Å². The van der Waals surface area contributed by atoms with E-state index in [4.69, 9.17) is 5.73 Å². The van der Waals surface area contributed by atoms with Crippen LogP contribution in [0.2, 0.25) is 0 Å². The Morgan fingerprint density at radius 1 is 1.10 bits per heavy atom. The molecule has 0 saturated carbocycles. The van der Waals surface area contributed by atoms with Gasteiger partial charge in [-0.3, -0.25) is 4.79 Å². The molecular formula is C15H13F3N2O. The molecule has 3 N–H and O–H groups in total. The van der Waals surface area contributed by atoms with Crippen molar-refractivity contribution < 1.29 is 18.0 Å². The topological polar surface area (TPSA) is 55.1 Å². The third kappa shape index (κ3) is 3.75. The molecule has 0 spiro atoms. The van der Waals surface area contributed by atoms with E-state index in [2.05, 4.69) is 5.32 Å². The zero-order valence-corrected chi connectivity index (χ0v) is 11.0. The normalized spacial score (nSPS) is 10.4. The van der Waals surface area contributed by atoms with Crippen LogP contribution in [0.1, 0.15) is 12.0 Å². The molecule has 21 heavy (non-hydrogen) atoms. The van der Waals surface area contributed by atoms with Gasteiger partial charge in [0.15, 0.2) is 17.5 Å². The molecule has 0 heterocycles. The highest BCUT2D eigenvalue weighted by Crippen LogP contribution is 2.20. The van der Waals surface area contributed by atoms with E-state index in [0.29, 0.717) is 12.1 Å². The molecule has 0 bridgehead atoms. The quantitative estimate of drug-likeness (QED) is 0.671. The first kappa shape index (κ1) is 14.9. The summed E-state index contributed by atoms with van der Waals surface area (Å²) >= 11 is 0. The number of rotatable bonds is 4. The SMILES string of the molecule is Nc1cccc(CCC(=O)Nc2ccc(F)c(F)c2F)c1. The maximum absolute atomic E-state index is 13.4. The van der Waals surface area contributed by atoms with Crippen molar-refractivity contribution in [3.8, 4) is 0 Å². The summed E-state index contributed by atoms with van der Waals surface area (Å²) in [6.45, 7) is 0. The highest BCUT2D eigenvalue weighted by molar-refractivity contribution is 5.90. The van der Waals surface area contributed by atoms with E-state index in [9.17, 15) is 18.0 Å². The Morgan fingerprint density at radius 2 is 1.86 bits per heavy atom. The van der Waals surface area contributed by atoms with Crippen molar-refractivity contribution in [3.05, 3.63) is 59.4 Å². The summed E-state index contributed by atoms with van der Waals surface area (Å²) in [4.78, 5) is 11.7. The standard InChI is InChI=1S/C15H13F3N2O/c16-11-5-6-12(15(18)14(11)17)20-13(21)7-4-9-2-1-3-10(19)8-9/h1-3,5-6,8H,4,7,19H2,(H,20,21). The van der Waals surface area contributed by atoms with E-state index in [0.717, 1.165) is 17.7 Å². The molecule has 0 aromatic heterocycles. The Bertz CT molecular complexity index is 674. The summed E-state index contributed by atoms with van der Waals surface area (Å²) in [5, 5.41) is 2.21. The minimum Gasteiger partial charge on any atom is -0.399 e. The summed E-state index contributed by atoms with van der Waals surface area (Å²) in [5.41, 5.74) is 6.67. The largest absolute Gasteiger partial charge is 0.399 e. The van der Waals surface area contributed by atoms with Crippen LogP contribution in [-0.2, 0) is 11.2 Å². The van der Waals surface area contributed by atoms with Gasteiger partial charge in [0.1, 0.15) is 0 Å². The van der Waals surface area contributed by atoms with E-state index in [1.807, 2.05) is 6.07 Å². The molecule has 110 valence electrons. The summed E-state index contributed by atoms with van der Waals surface area (Å²) in [5.74, 6) is -4.82. The number of hydrogen-bond acceptors (Lipinski definition) is 2. The van der Waals surface area contributed by atoms with Crippen LogP contribution >= 0.6 is 0 Å². The van der Waals surface area contributed by atoms with E-state index < -0.39 is 23.4 Å². The Kier molecular flexibility index (Phi) is 4.47. The summed E-state index contributed by atoms with van der Waals surface area (Å²) in [6.07, 6.45) is 0.476. The Hall–Kier alpha value is -2.50. The molecule has 2 aromatic rings. The van der Waals surface area contributed by atoms with Gasteiger partial charge >= 0.3 is 0 Å². The number of nitrogen functional groups attached to an aromatic ring is 1. The fourth-order valence-corrected chi connectivity index (χ4v) is 1.84.